The van der Waals surface area contributed by atoms with Crippen LogP contribution in [0.2, 0.25) is 0 Å². The third-order valence-electron chi connectivity index (χ3n) is 2.82. The Labute approximate surface area is 84.9 Å². The minimum atomic E-state index is -2.86. The summed E-state index contributed by atoms with van der Waals surface area (Å²) in [6.45, 7) is 2.04. The maximum Gasteiger partial charge on any atom is 0.155 e. The Morgan fingerprint density at radius 3 is 2.79 bits per heavy atom. The molecule has 2 nitrogen and oxygen atoms in total. The largest absolute Gasteiger partial charge is 0.228 e. The van der Waals surface area contributed by atoms with Gasteiger partial charge in [-0.25, -0.2) is 8.42 Å². The molecule has 1 aliphatic heterocycles. The highest BCUT2D eigenvalue weighted by Crippen LogP contribution is 2.31. The Bertz CT molecular complexity index is 434. The molecule has 1 heterocycles. The van der Waals surface area contributed by atoms with Crippen LogP contribution in [0.1, 0.15) is 30.4 Å². The highest BCUT2D eigenvalue weighted by molar-refractivity contribution is 7.90. The molecule has 0 amide bonds. The summed E-state index contributed by atoms with van der Waals surface area (Å²) in [4.78, 5) is 0. The molecule has 1 aliphatic rings. The number of benzene rings is 1. The summed E-state index contributed by atoms with van der Waals surface area (Å²) in [5.74, 6) is 0.741. The fourth-order valence-electron chi connectivity index (χ4n) is 2.09. The van der Waals surface area contributed by atoms with Crippen molar-refractivity contribution >= 4 is 9.84 Å². The number of rotatable bonds is 1. The first-order valence-corrected chi connectivity index (χ1v) is 6.73. The molecule has 0 aromatic heterocycles. The van der Waals surface area contributed by atoms with Gasteiger partial charge in [0.1, 0.15) is 0 Å². The maximum absolute atomic E-state index is 11.6. The van der Waals surface area contributed by atoms with Crippen LogP contribution in [0.15, 0.2) is 24.3 Å². The first-order valence-electron chi connectivity index (χ1n) is 4.90. The highest BCUT2D eigenvalue weighted by Gasteiger charge is 2.27. The van der Waals surface area contributed by atoms with E-state index in [9.17, 15) is 8.42 Å². The van der Waals surface area contributed by atoms with Gasteiger partial charge >= 0.3 is 0 Å². The van der Waals surface area contributed by atoms with Gasteiger partial charge in [0, 0.05) is 0 Å². The monoisotopic (exact) mass is 210 g/mol. The molecule has 76 valence electrons. The van der Waals surface area contributed by atoms with Crippen LogP contribution in [0.4, 0.5) is 0 Å². The zero-order valence-electron chi connectivity index (χ0n) is 8.23. The molecular formula is C11H14O2S. The molecule has 0 spiro atoms. The predicted molar refractivity (Wildman–Crippen MR) is 57.0 cm³/mol. The van der Waals surface area contributed by atoms with Crippen LogP contribution in [0.3, 0.4) is 0 Å². The van der Waals surface area contributed by atoms with E-state index in [1.165, 1.54) is 5.56 Å². The van der Waals surface area contributed by atoms with Crippen molar-refractivity contribution in [2.24, 2.45) is 0 Å². The lowest BCUT2D eigenvalue weighted by Crippen LogP contribution is -2.23. The quantitative estimate of drug-likeness (QED) is 0.711. The second-order valence-electron chi connectivity index (χ2n) is 3.86. The summed E-state index contributed by atoms with van der Waals surface area (Å²) >= 11 is 0. The van der Waals surface area contributed by atoms with Gasteiger partial charge in [0.25, 0.3) is 0 Å². The Morgan fingerprint density at radius 1 is 1.36 bits per heavy atom. The van der Waals surface area contributed by atoms with E-state index in [0.29, 0.717) is 5.75 Å². The van der Waals surface area contributed by atoms with Crippen molar-refractivity contribution in [2.75, 3.05) is 5.75 Å². The lowest BCUT2D eigenvalue weighted by Gasteiger charge is -2.24. The summed E-state index contributed by atoms with van der Waals surface area (Å²) in [6.07, 6.45) is 0.899. The van der Waals surface area contributed by atoms with Crippen molar-refractivity contribution in [2.45, 2.75) is 25.0 Å². The summed E-state index contributed by atoms with van der Waals surface area (Å²) in [5, 5.41) is 0. The molecule has 1 aromatic rings. The summed E-state index contributed by atoms with van der Waals surface area (Å²) in [5.41, 5.74) is 2.22. The van der Waals surface area contributed by atoms with Crippen molar-refractivity contribution in [1.29, 1.82) is 0 Å². The SMILES string of the molecule is CC[C@@H]1CS(=O)(=O)Cc2ccccc21. The predicted octanol–water partition coefficient (Wildman–Crippen LogP) is 2.11. The van der Waals surface area contributed by atoms with Crippen LogP contribution in [0, 0.1) is 0 Å². The van der Waals surface area contributed by atoms with Crippen LogP contribution >= 0.6 is 0 Å². The van der Waals surface area contributed by atoms with Crippen molar-refractivity contribution in [3.63, 3.8) is 0 Å². The molecule has 2 rings (SSSR count). The molecule has 1 atom stereocenters. The van der Waals surface area contributed by atoms with Gasteiger partial charge in [-0.15, -0.1) is 0 Å². The zero-order valence-corrected chi connectivity index (χ0v) is 9.05. The van der Waals surface area contributed by atoms with E-state index in [2.05, 4.69) is 6.07 Å². The zero-order chi connectivity index (χ0) is 10.2. The second-order valence-corrected chi connectivity index (χ2v) is 5.97. The minimum absolute atomic E-state index is 0.199. The lowest BCUT2D eigenvalue weighted by molar-refractivity contribution is 0.577. The topological polar surface area (TPSA) is 34.1 Å². The van der Waals surface area contributed by atoms with Crippen LogP contribution in [-0.4, -0.2) is 14.2 Å². The van der Waals surface area contributed by atoms with E-state index in [1.807, 2.05) is 25.1 Å². The van der Waals surface area contributed by atoms with E-state index in [4.69, 9.17) is 0 Å². The molecule has 0 saturated heterocycles. The normalized spacial score (nSPS) is 24.2. The number of hydrogen-bond acceptors (Lipinski definition) is 2. The fourth-order valence-corrected chi connectivity index (χ4v) is 3.98. The molecule has 0 bridgehead atoms. The van der Waals surface area contributed by atoms with E-state index in [-0.39, 0.29) is 11.7 Å². The van der Waals surface area contributed by atoms with Gasteiger partial charge in [-0.05, 0) is 23.5 Å². The minimum Gasteiger partial charge on any atom is -0.228 e. The van der Waals surface area contributed by atoms with Gasteiger partial charge in [-0.3, -0.25) is 0 Å². The number of sulfone groups is 1. The molecule has 0 saturated carbocycles. The van der Waals surface area contributed by atoms with Crippen LogP contribution in [0.5, 0.6) is 0 Å². The lowest BCUT2D eigenvalue weighted by atomic mass is 9.94. The first-order chi connectivity index (χ1) is 6.62. The molecule has 1 aromatic carbocycles. The van der Waals surface area contributed by atoms with Crippen molar-refractivity contribution in [3.05, 3.63) is 35.4 Å². The van der Waals surface area contributed by atoms with E-state index >= 15 is 0 Å². The summed E-state index contributed by atoms with van der Waals surface area (Å²) in [6, 6.07) is 7.87. The van der Waals surface area contributed by atoms with E-state index < -0.39 is 9.84 Å². The van der Waals surface area contributed by atoms with Crippen molar-refractivity contribution in [1.82, 2.24) is 0 Å². The van der Waals surface area contributed by atoms with Gasteiger partial charge in [-0.1, -0.05) is 31.2 Å². The highest BCUT2D eigenvalue weighted by atomic mass is 32.2. The molecule has 0 fully saturated rings. The third kappa shape index (κ3) is 1.69. The van der Waals surface area contributed by atoms with Crippen LogP contribution in [0.25, 0.3) is 0 Å². The standard InChI is InChI=1S/C11H14O2S/c1-2-9-7-14(12,13)8-10-5-3-4-6-11(9)10/h3-6,9H,2,7-8H2,1H3/t9-/m1/s1. The Kier molecular flexibility index (Phi) is 2.35. The average molecular weight is 210 g/mol. The molecule has 14 heavy (non-hydrogen) atoms. The van der Waals surface area contributed by atoms with Crippen molar-refractivity contribution < 1.29 is 8.42 Å². The Morgan fingerprint density at radius 2 is 2.07 bits per heavy atom. The Hall–Kier alpha value is -0.830. The fraction of sp³-hybridized carbons (Fsp3) is 0.455. The maximum atomic E-state index is 11.6. The molecule has 3 heteroatoms. The van der Waals surface area contributed by atoms with Gasteiger partial charge in [0.2, 0.25) is 0 Å². The second kappa shape index (κ2) is 3.39. The smallest absolute Gasteiger partial charge is 0.155 e. The Balaban J connectivity index is 2.51. The molecule has 0 N–H and O–H groups in total. The third-order valence-corrected chi connectivity index (χ3v) is 4.48. The summed E-state index contributed by atoms with van der Waals surface area (Å²) in [7, 11) is -2.86. The average Bonchev–Trinajstić information content (AvgIpc) is 2.15. The first kappa shape index (κ1) is 9.71. The van der Waals surface area contributed by atoms with E-state index in [1.54, 1.807) is 0 Å². The molecule has 0 radical (unpaired) electrons. The van der Waals surface area contributed by atoms with Crippen LogP contribution in [-0.2, 0) is 15.6 Å². The van der Waals surface area contributed by atoms with Gasteiger partial charge in [0.15, 0.2) is 9.84 Å². The van der Waals surface area contributed by atoms with E-state index in [0.717, 1.165) is 12.0 Å². The molecule has 0 unspecified atom stereocenters. The van der Waals surface area contributed by atoms with Crippen molar-refractivity contribution in [3.8, 4) is 0 Å². The number of hydrogen-bond donors (Lipinski definition) is 0. The molecular weight excluding hydrogens is 196 g/mol. The van der Waals surface area contributed by atoms with Gasteiger partial charge in [-0.2, -0.15) is 0 Å². The summed E-state index contributed by atoms with van der Waals surface area (Å²) < 4.78 is 23.2. The van der Waals surface area contributed by atoms with Crippen LogP contribution < -0.4 is 0 Å². The number of fused-ring (bicyclic) bond motifs is 1. The molecule has 0 aliphatic carbocycles. The van der Waals surface area contributed by atoms with Gasteiger partial charge in [0.05, 0.1) is 11.5 Å². The van der Waals surface area contributed by atoms with Gasteiger partial charge < -0.3 is 0 Å².